The van der Waals surface area contributed by atoms with Crippen LogP contribution < -0.4 is 0 Å². The van der Waals surface area contributed by atoms with Gasteiger partial charge in [0.05, 0.1) is 5.71 Å². The normalized spacial score (nSPS) is 19.9. The number of allylic oxidation sites excluding steroid dienone is 5. The molecule has 0 aromatic heterocycles. The first-order valence-corrected chi connectivity index (χ1v) is 5.57. The predicted octanol–water partition coefficient (Wildman–Crippen LogP) is 3.79. The summed E-state index contributed by atoms with van der Waals surface area (Å²) in [7, 11) is 1.85. The van der Waals surface area contributed by atoms with E-state index in [0.29, 0.717) is 11.8 Å². The molecule has 0 spiro atoms. The highest BCUT2D eigenvalue weighted by Crippen LogP contribution is 2.29. The van der Waals surface area contributed by atoms with E-state index in [-0.39, 0.29) is 0 Å². The molecule has 0 aromatic carbocycles. The van der Waals surface area contributed by atoms with Gasteiger partial charge in [0.2, 0.25) is 0 Å². The summed E-state index contributed by atoms with van der Waals surface area (Å²) < 4.78 is 0. The Morgan fingerprint density at radius 1 is 1.00 bits per heavy atom. The van der Waals surface area contributed by atoms with Gasteiger partial charge in [0.15, 0.2) is 0 Å². The van der Waals surface area contributed by atoms with Crippen LogP contribution in [0.2, 0.25) is 0 Å². The number of aliphatic imine (C=N–C) groups is 1. The molecule has 0 aliphatic heterocycles. The second-order valence-electron chi connectivity index (χ2n) is 4.60. The third kappa shape index (κ3) is 2.28. The summed E-state index contributed by atoms with van der Waals surface area (Å²) in [5.41, 5.74) is 4.78. The Morgan fingerprint density at radius 2 is 1.47 bits per heavy atom. The van der Waals surface area contributed by atoms with Crippen molar-refractivity contribution in [3.05, 3.63) is 35.5 Å². The first kappa shape index (κ1) is 12.0. The van der Waals surface area contributed by atoms with Crippen LogP contribution in [0.15, 0.2) is 40.4 Å². The fourth-order valence-corrected chi connectivity index (χ4v) is 1.94. The predicted molar refractivity (Wildman–Crippen MR) is 68.3 cm³/mol. The first-order chi connectivity index (χ1) is 6.99. The molecule has 1 nitrogen and oxygen atoms in total. The monoisotopic (exact) mass is 203 g/mol. The van der Waals surface area contributed by atoms with E-state index in [2.05, 4.69) is 51.4 Å². The van der Waals surface area contributed by atoms with Gasteiger partial charge in [0.25, 0.3) is 0 Å². The zero-order valence-electron chi connectivity index (χ0n) is 10.5. The van der Waals surface area contributed by atoms with E-state index in [9.17, 15) is 0 Å². The number of hydrogen-bond acceptors (Lipinski definition) is 1. The van der Waals surface area contributed by atoms with Gasteiger partial charge in [-0.3, -0.25) is 4.99 Å². The second-order valence-corrected chi connectivity index (χ2v) is 4.60. The van der Waals surface area contributed by atoms with Crippen LogP contribution in [0.4, 0.5) is 0 Å². The Balaban J connectivity index is 3.19. The Labute approximate surface area is 93.3 Å². The zero-order chi connectivity index (χ0) is 11.6. The Hall–Kier alpha value is -1.11. The summed E-state index contributed by atoms with van der Waals surface area (Å²) >= 11 is 0. The molecule has 0 aromatic rings. The molecule has 0 fully saturated rings. The molecule has 82 valence electrons. The largest absolute Gasteiger partial charge is 0.288 e. The molecule has 0 radical (unpaired) electrons. The molecule has 1 aliphatic rings. The maximum atomic E-state index is 4.37. The van der Waals surface area contributed by atoms with E-state index >= 15 is 0 Å². The molecule has 0 unspecified atom stereocenters. The van der Waals surface area contributed by atoms with Gasteiger partial charge in [-0.2, -0.15) is 0 Å². The van der Waals surface area contributed by atoms with Gasteiger partial charge < -0.3 is 0 Å². The van der Waals surface area contributed by atoms with Crippen LogP contribution in [0.25, 0.3) is 0 Å². The van der Waals surface area contributed by atoms with E-state index in [1.165, 1.54) is 11.1 Å². The molecule has 0 N–H and O–H groups in total. The van der Waals surface area contributed by atoms with Crippen molar-refractivity contribution in [2.24, 2.45) is 16.8 Å². The molecular weight excluding hydrogens is 182 g/mol. The molecule has 0 atom stereocenters. The SMILES string of the molecule is C=C1C(C(C)C)=CC=C(C(C)C)/C1=N/C. The molecule has 0 bridgehead atoms. The molecule has 0 saturated carbocycles. The van der Waals surface area contributed by atoms with E-state index < -0.39 is 0 Å². The Bertz CT molecular complexity index is 352. The van der Waals surface area contributed by atoms with Crippen LogP contribution in [0.5, 0.6) is 0 Å². The second kappa shape index (κ2) is 4.61. The highest BCUT2D eigenvalue weighted by molar-refractivity contribution is 6.16. The Kier molecular flexibility index (Phi) is 3.67. The van der Waals surface area contributed by atoms with Gasteiger partial charge in [-0.1, -0.05) is 46.4 Å². The van der Waals surface area contributed by atoms with Crippen LogP contribution in [0.3, 0.4) is 0 Å². The van der Waals surface area contributed by atoms with Crippen LogP contribution in [0, 0.1) is 11.8 Å². The van der Waals surface area contributed by atoms with Crippen molar-refractivity contribution in [1.29, 1.82) is 0 Å². The highest BCUT2D eigenvalue weighted by atomic mass is 14.7. The lowest BCUT2D eigenvalue weighted by Gasteiger charge is -2.24. The van der Waals surface area contributed by atoms with Crippen LogP contribution in [0.1, 0.15) is 27.7 Å². The van der Waals surface area contributed by atoms with Gasteiger partial charge in [-0.05, 0) is 28.6 Å². The van der Waals surface area contributed by atoms with Crippen molar-refractivity contribution in [3.63, 3.8) is 0 Å². The molecule has 0 amide bonds. The number of rotatable bonds is 2. The van der Waals surface area contributed by atoms with Gasteiger partial charge in [0.1, 0.15) is 0 Å². The zero-order valence-corrected chi connectivity index (χ0v) is 10.5. The lowest BCUT2D eigenvalue weighted by Crippen LogP contribution is -2.17. The van der Waals surface area contributed by atoms with E-state index in [1.54, 1.807) is 0 Å². The standard InChI is InChI=1S/C14H21N/c1-9(2)12-7-8-13(10(3)4)14(15-6)11(12)5/h7-10H,5H2,1-4,6H3/b15-14+. The summed E-state index contributed by atoms with van der Waals surface area (Å²) in [6, 6.07) is 0. The third-order valence-corrected chi connectivity index (χ3v) is 2.82. The molecular formula is C14H21N. The van der Waals surface area contributed by atoms with Crippen LogP contribution >= 0.6 is 0 Å². The number of nitrogens with zero attached hydrogens (tertiary/aromatic N) is 1. The van der Waals surface area contributed by atoms with Crippen molar-refractivity contribution in [2.75, 3.05) is 7.05 Å². The average Bonchev–Trinajstić information content (AvgIpc) is 2.16. The number of hydrogen-bond donors (Lipinski definition) is 0. The van der Waals surface area contributed by atoms with Gasteiger partial charge in [-0.15, -0.1) is 0 Å². The van der Waals surface area contributed by atoms with Crippen molar-refractivity contribution < 1.29 is 0 Å². The Morgan fingerprint density at radius 3 is 1.87 bits per heavy atom. The summed E-state index contributed by atoms with van der Waals surface area (Å²) in [6.45, 7) is 12.9. The maximum Gasteiger partial charge on any atom is 0.0674 e. The smallest absolute Gasteiger partial charge is 0.0674 e. The minimum Gasteiger partial charge on any atom is -0.288 e. The topological polar surface area (TPSA) is 12.4 Å². The summed E-state index contributed by atoms with van der Waals surface area (Å²) in [5.74, 6) is 1.02. The summed E-state index contributed by atoms with van der Waals surface area (Å²) in [4.78, 5) is 4.37. The molecule has 0 saturated heterocycles. The van der Waals surface area contributed by atoms with Crippen LogP contribution in [-0.4, -0.2) is 12.8 Å². The van der Waals surface area contributed by atoms with E-state index in [1.807, 2.05) is 7.05 Å². The molecule has 15 heavy (non-hydrogen) atoms. The third-order valence-electron chi connectivity index (χ3n) is 2.82. The maximum absolute atomic E-state index is 4.37. The van der Waals surface area contributed by atoms with Crippen molar-refractivity contribution >= 4 is 5.71 Å². The fourth-order valence-electron chi connectivity index (χ4n) is 1.94. The van der Waals surface area contributed by atoms with Crippen LogP contribution in [-0.2, 0) is 0 Å². The van der Waals surface area contributed by atoms with Gasteiger partial charge in [0, 0.05) is 7.05 Å². The molecule has 0 heterocycles. The minimum absolute atomic E-state index is 0.505. The highest BCUT2D eigenvalue weighted by Gasteiger charge is 2.21. The molecule has 1 heteroatoms. The van der Waals surface area contributed by atoms with E-state index in [4.69, 9.17) is 0 Å². The quantitative estimate of drug-likeness (QED) is 0.647. The van der Waals surface area contributed by atoms with Crippen molar-refractivity contribution in [3.8, 4) is 0 Å². The van der Waals surface area contributed by atoms with Crippen molar-refractivity contribution in [1.82, 2.24) is 0 Å². The van der Waals surface area contributed by atoms with E-state index in [0.717, 1.165) is 11.3 Å². The minimum atomic E-state index is 0.505. The molecule has 1 aliphatic carbocycles. The first-order valence-electron chi connectivity index (χ1n) is 5.57. The van der Waals surface area contributed by atoms with Gasteiger partial charge >= 0.3 is 0 Å². The summed E-state index contributed by atoms with van der Waals surface area (Å²) in [5, 5.41) is 0. The lowest BCUT2D eigenvalue weighted by molar-refractivity contribution is 0.771. The molecule has 1 rings (SSSR count). The summed E-state index contributed by atoms with van der Waals surface area (Å²) in [6.07, 6.45) is 4.38. The lowest BCUT2D eigenvalue weighted by atomic mass is 9.82. The van der Waals surface area contributed by atoms with Gasteiger partial charge in [-0.25, -0.2) is 0 Å². The van der Waals surface area contributed by atoms with Crippen molar-refractivity contribution in [2.45, 2.75) is 27.7 Å². The average molecular weight is 203 g/mol. The fraction of sp³-hybridized carbons (Fsp3) is 0.500.